The highest BCUT2D eigenvalue weighted by molar-refractivity contribution is 6.31. The van der Waals surface area contributed by atoms with Crippen LogP contribution in [0.3, 0.4) is 0 Å². The molecule has 3 aromatic rings. The standard InChI is InChI=1S/C20H22ClN5O2/c1-12-17-18(23-13(2)24-20(17)28-25-12)26-9-5-7-15(11-26)19(27)22-10-14-6-3-4-8-16(14)21/h3-4,6,8,15H,5,7,9-11H2,1-2H3,(H,22,27)/t15-/m0/s1. The maximum Gasteiger partial charge on any atom is 0.263 e. The van der Waals surface area contributed by atoms with Crippen molar-refractivity contribution in [2.45, 2.75) is 33.2 Å². The number of anilines is 1. The number of rotatable bonds is 4. The van der Waals surface area contributed by atoms with Crippen LogP contribution in [0.4, 0.5) is 5.82 Å². The summed E-state index contributed by atoms with van der Waals surface area (Å²) >= 11 is 6.18. The minimum absolute atomic E-state index is 0.0358. The predicted octanol–water partition coefficient (Wildman–Crippen LogP) is 3.42. The van der Waals surface area contributed by atoms with Crippen LogP contribution in [0.5, 0.6) is 0 Å². The molecule has 0 saturated carbocycles. The average Bonchev–Trinajstić information content (AvgIpc) is 3.07. The Labute approximate surface area is 168 Å². The third-order valence-electron chi connectivity index (χ3n) is 5.10. The monoisotopic (exact) mass is 399 g/mol. The van der Waals surface area contributed by atoms with Crippen LogP contribution in [0.25, 0.3) is 11.1 Å². The number of aryl methyl sites for hydroxylation is 2. The van der Waals surface area contributed by atoms with Crippen LogP contribution in [-0.2, 0) is 11.3 Å². The zero-order valence-corrected chi connectivity index (χ0v) is 16.7. The maximum atomic E-state index is 12.8. The second kappa shape index (κ2) is 7.75. The second-order valence-corrected chi connectivity index (χ2v) is 7.54. The van der Waals surface area contributed by atoms with Gasteiger partial charge in [0.25, 0.3) is 5.71 Å². The summed E-state index contributed by atoms with van der Waals surface area (Å²) in [7, 11) is 0. The van der Waals surface area contributed by atoms with E-state index in [4.69, 9.17) is 16.1 Å². The lowest BCUT2D eigenvalue weighted by Crippen LogP contribution is -2.43. The van der Waals surface area contributed by atoms with Crippen molar-refractivity contribution < 1.29 is 9.32 Å². The molecule has 3 heterocycles. The second-order valence-electron chi connectivity index (χ2n) is 7.14. The van der Waals surface area contributed by atoms with Crippen LogP contribution < -0.4 is 10.2 Å². The molecule has 4 rings (SSSR count). The average molecular weight is 400 g/mol. The molecule has 7 nitrogen and oxygen atoms in total. The normalized spacial score (nSPS) is 17.1. The lowest BCUT2D eigenvalue weighted by atomic mass is 9.96. The molecule has 0 aliphatic carbocycles. The zero-order chi connectivity index (χ0) is 19.7. The Morgan fingerprint density at radius 3 is 2.96 bits per heavy atom. The minimum Gasteiger partial charge on any atom is -0.355 e. The number of hydrogen-bond donors (Lipinski definition) is 1. The van der Waals surface area contributed by atoms with Gasteiger partial charge in [-0.05, 0) is 38.3 Å². The van der Waals surface area contributed by atoms with E-state index in [1.54, 1.807) is 0 Å². The number of nitrogens with one attached hydrogen (secondary N) is 1. The number of halogens is 1. The lowest BCUT2D eigenvalue weighted by molar-refractivity contribution is -0.125. The highest BCUT2D eigenvalue weighted by atomic mass is 35.5. The topological polar surface area (TPSA) is 84.2 Å². The number of carbonyl (C=O) groups excluding carboxylic acids is 1. The first-order chi connectivity index (χ1) is 13.5. The zero-order valence-electron chi connectivity index (χ0n) is 15.9. The molecule has 1 fully saturated rings. The highest BCUT2D eigenvalue weighted by Crippen LogP contribution is 2.30. The lowest BCUT2D eigenvalue weighted by Gasteiger charge is -2.33. The van der Waals surface area contributed by atoms with E-state index in [1.807, 2.05) is 38.1 Å². The number of hydrogen-bond acceptors (Lipinski definition) is 6. The number of amides is 1. The van der Waals surface area contributed by atoms with E-state index in [2.05, 4.69) is 25.3 Å². The van der Waals surface area contributed by atoms with Crippen LogP contribution >= 0.6 is 11.6 Å². The van der Waals surface area contributed by atoms with Crippen molar-refractivity contribution in [3.8, 4) is 0 Å². The van der Waals surface area contributed by atoms with Gasteiger partial charge in [-0.3, -0.25) is 4.79 Å². The smallest absolute Gasteiger partial charge is 0.263 e. The van der Waals surface area contributed by atoms with E-state index in [1.165, 1.54) is 0 Å². The van der Waals surface area contributed by atoms with Gasteiger partial charge in [0.2, 0.25) is 5.91 Å². The molecule has 0 radical (unpaired) electrons. The van der Waals surface area contributed by atoms with Crippen molar-refractivity contribution in [1.29, 1.82) is 0 Å². The molecule has 28 heavy (non-hydrogen) atoms. The molecule has 1 atom stereocenters. The Morgan fingerprint density at radius 1 is 1.32 bits per heavy atom. The van der Waals surface area contributed by atoms with Gasteiger partial charge in [-0.25, -0.2) is 4.98 Å². The fraction of sp³-hybridized carbons (Fsp3) is 0.400. The Balaban J connectivity index is 1.50. The summed E-state index contributed by atoms with van der Waals surface area (Å²) in [5.74, 6) is 1.35. The van der Waals surface area contributed by atoms with Crippen LogP contribution in [0.15, 0.2) is 28.8 Å². The molecule has 1 N–H and O–H groups in total. The summed E-state index contributed by atoms with van der Waals surface area (Å²) in [6, 6.07) is 7.55. The Bertz CT molecular complexity index is 1020. The summed E-state index contributed by atoms with van der Waals surface area (Å²) in [6.07, 6.45) is 1.76. The van der Waals surface area contributed by atoms with E-state index in [9.17, 15) is 4.79 Å². The molecule has 0 bridgehead atoms. The molecule has 146 valence electrons. The molecule has 1 aliphatic rings. The van der Waals surface area contributed by atoms with Crippen molar-refractivity contribution >= 4 is 34.4 Å². The van der Waals surface area contributed by atoms with E-state index >= 15 is 0 Å². The predicted molar refractivity (Wildman–Crippen MR) is 107 cm³/mol. The molecule has 8 heteroatoms. The Hall–Kier alpha value is -2.67. The molecule has 1 saturated heterocycles. The number of benzene rings is 1. The first kappa shape index (κ1) is 18.7. The van der Waals surface area contributed by atoms with Crippen LogP contribution in [0, 0.1) is 19.8 Å². The number of carbonyl (C=O) groups is 1. The van der Waals surface area contributed by atoms with Crippen molar-refractivity contribution in [1.82, 2.24) is 20.4 Å². The summed E-state index contributed by atoms with van der Waals surface area (Å²) in [5.41, 5.74) is 2.17. The molecule has 2 aromatic heterocycles. The van der Waals surface area contributed by atoms with Gasteiger partial charge in [0.1, 0.15) is 17.0 Å². The molecule has 1 aromatic carbocycles. The Kier molecular flexibility index (Phi) is 5.17. The van der Waals surface area contributed by atoms with Crippen molar-refractivity contribution in [2.24, 2.45) is 5.92 Å². The summed E-state index contributed by atoms with van der Waals surface area (Å²) in [5, 5.41) is 8.53. The minimum atomic E-state index is -0.110. The van der Waals surface area contributed by atoms with Gasteiger partial charge in [0.15, 0.2) is 0 Å². The van der Waals surface area contributed by atoms with E-state index in [-0.39, 0.29) is 11.8 Å². The third-order valence-corrected chi connectivity index (χ3v) is 5.47. The molecule has 1 aliphatic heterocycles. The van der Waals surface area contributed by atoms with Crippen LogP contribution in [0.1, 0.15) is 29.9 Å². The van der Waals surface area contributed by atoms with Crippen molar-refractivity contribution in [2.75, 3.05) is 18.0 Å². The number of piperidine rings is 1. The van der Waals surface area contributed by atoms with Crippen LogP contribution in [-0.4, -0.2) is 34.1 Å². The molecular formula is C20H22ClN5O2. The van der Waals surface area contributed by atoms with E-state index in [0.717, 1.165) is 41.8 Å². The van der Waals surface area contributed by atoms with Gasteiger partial charge in [-0.1, -0.05) is 35.0 Å². The molecule has 0 unspecified atom stereocenters. The largest absolute Gasteiger partial charge is 0.355 e. The summed E-state index contributed by atoms with van der Waals surface area (Å²) in [4.78, 5) is 23.8. The molecular weight excluding hydrogens is 378 g/mol. The quantitative estimate of drug-likeness (QED) is 0.723. The van der Waals surface area contributed by atoms with Crippen molar-refractivity contribution in [3.05, 3.63) is 46.4 Å². The van der Waals surface area contributed by atoms with E-state index < -0.39 is 0 Å². The summed E-state index contributed by atoms with van der Waals surface area (Å²) < 4.78 is 5.31. The Morgan fingerprint density at radius 2 is 2.14 bits per heavy atom. The van der Waals surface area contributed by atoms with Gasteiger partial charge >= 0.3 is 0 Å². The SMILES string of the molecule is Cc1nc(N2CCC[C@H](C(=O)NCc3ccccc3Cl)C2)c2c(C)noc2n1. The fourth-order valence-corrected chi connectivity index (χ4v) is 3.86. The number of aromatic nitrogens is 3. The number of nitrogens with zero attached hydrogens (tertiary/aromatic N) is 4. The molecule has 1 amide bonds. The molecule has 0 spiro atoms. The van der Waals surface area contributed by atoms with Gasteiger partial charge < -0.3 is 14.7 Å². The van der Waals surface area contributed by atoms with Gasteiger partial charge in [-0.2, -0.15) is 4.98 Å². The first-order valence-corrected chi connectivity index (χ1v) is 9.77. The fourth-order valence-electron chi connectivity index (χ4n) is 3.65. The number of fused-ring (bicyclic) bond motifs is 1. The maximum absolute atomic E-state index is 12.8. The summed E-state index contributed by atoms with van der Waals surface area (Å²) in [6.45, 7) is 5.58. The van der Waals surface area contributed by atoms with Gasteiger partial charge in [0.05, 0.1) is 11.6 Å². The van der Waals surface area contributed by atoms with Crippen LogP contribution in [0.2, 0.25) is 5.02 Å². The first-order valence-electron chi connectivity index (χ1n) is 9.39. The van der Waals surface area contributed by atoms with Gasteiger partial charge in [-0.15, -0.1) is 0 Å². The van der Waals surface area contributed by atoms with Crippen molar-refractivity contribution in [3.63, 3.8) is 0 Å². The van der Waals surface area contributed by atoms with Gasteiger partial charge in [0, 0.05) is 24.7 Å². The highest BCUT2D eigenvalue weighted by Gasteiger charge is 2.29. The third kappa shape index (κ3) is 3.67. The van der Waals surface area contributed by atoms with E-state index in [0.29, 0.717) is 29.7 Å².